The number of ether oxygens (including phenoxy) is 5. The number of fused-ring (bicyclic) bond motifs is 4. The molecule has 5 aliphatic rings. The average molecular weight is 657 g/mol. The number of aliphatic hydroxyl groups excluding tert-OH is 1. The van der Waals surface area contributed by atoms with Crippen molar-refractivity contribution in [3.05, 3.63) is 48.1 Å². The molecule has 0 aromatic carbocycles. The molecule has 2 N–H and O–H groups in total. The highest BCUT2D eigenvalue weighted by Crippen LogP contribution is 2.49. The van der Waals surface area contributed by atoms with Gasteiger partial charge in [0, 0.05) is 12.8 Å². The van der Waals surface area contributed by atoms with Crippen LogP contribution in [-0.4, -0.2) is 88.2 Å². The molecule has 0 aromatic rings. The van der Waals surface area contributed by atoms with Crippen molar-refractivity contribution in [2.75, 3.05) is 0 Å². The highest BCUT2D eigenvalue weighted by atomic mass is 16.6. The van der Waals surface area contributed by atoms with E-state index in [1.165, 1.54) is 0 Å². The van der Waals surface area contributed by atoms with Crippen molar-refractivity contribution in [2.24, 2.45) is 5.92 Å². The number of carbonyl (C=O) groups is 1. The van der Waals surface area contributed by atoms with E-state index in [9.17, 15) is 15.0 Å². The molecular weight excluding hydrogens is 596 g/mol. The lowest BCUT2D eigenvalue weighted by molar-refractivity contribution is -0.273. The maximum Gasteiger partial charge on any atom is 0.143 e. The van der Waals surface area contributed by atoms with Gasteiger partial charge >= 0.3 is 0 Å². The molecular formula is C39H60O8. The van der Waals surface area contributed by atoms with Gasteiger partial charge in [0.15, 0.2) is 0 Å². The fourth-order valence-electron chi connectivity index (χ4n) is 8.63. The minimum absolute atomic E-state index is 0.0469. The molecule has 0 bridgehead atoms. The Bertz CT molecular complexity index is 1190. The molecule has 5 rings (SSSR count). The lowest BCUT2D eigenvalue weighted by atomic mass is 9.79. The van der Waals surface area contributed by atoms with E-state index >= 15 is 0 Å². The summed E-state index contributed by atoms with van der Waals surface area (Å²) >= 11 is 0. The molecule has 0 radical (unpaired) electrons. The molecule has 8 nitrogen and oxygen atoms in total. The maximum atomic E-state index is 11.7. The number of allylic oxidation sites excluding steroid dienone is 7. The molecule has 0 amide bonds. The normalized spacial score (nSPS) is 46.2. The average Bonchev–Trinajstić information content (AvgIpc) is 3.27. The molecule has 264 valence electrons. The van der Waals surface area contributed by atoms with Gasteiger partial charge < -0.3 is 33.9 Å². The number of aliphatic hydroxyl groups is 2. The summed E-state index contributed by atoms with van der Waals surface area (Å²) in [6, 6.07) is 0. The predicted octanol–water partition coefficient (Wildman–Crippen LogP) is 6.48. The third-order valence-electron chi connectivity index (χ3n) is 11.9. The number of carbonyl (C=O) groups excluding carboxylic acids is 1. The van der Waals surface area contributed by atoms with Crippen LogP contribution in [0.15, 0.2) is 48.1 Å². The Labute approximate surface area is 282 Å². The Morgan fingerprint density at radius 3 is 2.34 bits per heavy atom. The summed E-state index contributed by atoms with van der Waals surface area (Å²) in [6.45, 7) is 16.1. The lowest BCUT2D eigenvalue weighted by Crippen LogP contribution is -2.59. The van der Waals surface area contributed by atoms with E-state index in [0.29, 0.717) is 25.2 Å². The Hall–Kier alpha value is -1.65. The zero-order valence-corrected chi connectivity index (χ0v) is 29.6. The van der Waals surface area contributed by atoms with Crippen molar-refractivity contribution in [3.8, 4) is 0 Å². The molecule has 5 aliphatic heterocycles. The second-order valence-corrected chi connectivity index (χ2v) is 15.7. The van der Waals surface area contributed by atoms with Gasteiger partial charge in [-0.15, -0.1) is 0 Å². The SMILES string of the molecule is C=C/C=C\CCC1O[C@H]2CC[C@@]3(C)O[C@H]4[C@@H](O)C[C@@]5(C)O[C@@H](CC/C=C(C)/C(C)=C/C=O)[C@@H](C)C[C@@H]5O[C@@H]4C[C@@H]3O[C@@H]2CC[C@]1(C)O. The van der Waals surface area contributed by atoms with Gasteiger partial charge in [0.2, 0.25) is 0 Å². The largest absolute Gasteiger partial charge is 0.390 e. The minimum Gasteiger partial charge on any atom is -0.390 e. The smallest absolute Gasteiger partial charge is 0.143 e. The standard InChI is InChI=1S/C39H60O8/c1-8-9-10-11-15-33-37(5,42)19-16-30-31(43-33)17-20-38(6)35(44-30)23-32-36(47-38)28(41)24-39(7)34(45-32)22-27(4)29(46-39)14-12-13-25(2)26(3)18-21-40/h8-10,13,18,21,27-36,41-42H,1,11-12,14-17,19-20,22-24H2,2-7H3/b10-9-,25-13+,26-18+/t27-,28-,29-,30+,31-,32+,33?,34-,35-,36-,37-,38+,39+/m0/s1. The molecule has 47 heavy (non-hydrogen) atoms. The molecule has 0 aliphatic carbocycles. The highest BCUT2D eigenvalue weighted by Gasteiger charge is 2.58. The van der Waals surface area contributed by atoms with Crippen molar-refractivity contribution in [1.82, 2.24) is 0 Å². The maximum absolute atomic E-state index is 11.7. The summed E-state index contributed by atoms with van der Waals surface area (Å²) in [4.78, 5) is 10.9. The van der Waals surface area contributed by atoms with Crippen LogP contribution in [-0.2, 0) is 28.5 Å². The molecule has 5 heterocycles. The van der Waals surface area contributed by atoms with Crippen LogP contribution in [0.2, 0.25) is 0 Å². The Kier molecular flexibility index (Phi) is 11.7. The van der Waals surface area contributed by atoms with Crippen molar-refractivity contribution in [3.63, 3.8) is 0 Å². The second-order valence-electron chi connectivity index (χ2n) is 15.7. The van der Waals surface area contributed by atoms with Gasteiger partial charge in [0.25, 0.3) is 0 Å². The summed E-state index contributed by atoms with van der Waals surface area (Å²) in [7, 11) is 0. The van der Waals surface area contributed by atoms with E-state index in [2.05, 4.69) is 39.5 Å². The van der Waals surface area contributed by atoms with Crippen LogP contribution in [0.1, 0.15) is 112 Å². The van der Waals surface area contributed by atoms with Gasteiger partial charge in [0.1, 0.15) is 12.4 Å². The van der Waals surface area contributed by atoms with Crippen molar-refractivity contribution in [2.45, 2.75) is 184 Å². The van der Waals surface area contributed by atoms with Crippen LogP contribution in [0.3, 0.4) is 0 Å². The minimum atomic E-state index is -0.926. The quantitative estimate of drug-likeness (QED) is 0.165. The van der Waals surface area contributed by atoms with Gasteiger partial charge in [-0.25, -0.2) is 0 Å². The number of aldehydes is 1. The molecule has 1 unspecified atom stereocenters. The summed E-state index contributed by atoms with van der Waals surface area (Å²) in [5.74, 6) is 0.294. The molecule has 0 aromatic heterocycles. The molecule has 5 saturated heterocycles. The van der Waals surface area contributed by atoms with Crippen LogP contribution >= 0.6 is 0 Å². The van der Waals surface area contributed by atoms with E-state index < -0.39 is 29.0 Å². The number of rotatable bonds is 9. The van der Waals surface area contributed by atoms with E-state index in [0.717, 1.165) is 68.8 Å². The molecule has 8 heteroatoms. The van der Waals surface area contributed by atoms with Crippen LogP contribution in [0.25, 0.3) is 0 Å². The first-order valence-electron chi connectivity index (χ1n) is 18.1. The first kappa shape index (κ1) is 36.6. The van der Waals surface area contributed by atoms with Crippen LogP contribution in [0.5, 0.6) is 0 Å². The summed E-state index contributed by atoms with van der Waals surface area (Å²) in [5.41, 5.74) is -0.0535. The summed E-state index contributed by atoms with van der Waals surface area (Å²) in [5, 5.41) is 23.0. The van der Waals surface area contributed by atoms with E-state index in [1.54, 1.807) is 12.2 Å². The first-order valence-corrected chi connectivity index (χ1v) is 18.1. The third-order valence-corrected chi connectivity index (χ3v) is 11.9. The van der Waals surface area contributed by atoms with E-state index in [-0.39, 0.29) is 42.7 Å². The Balaban J connectivity index is 1.26. The highest BCUT2D eigenvalue weighted by molar-refractivity contribution is 5.67. The fraction of sp³-hybridized carbons (Fsp3) is 0.769. The van der Waals surface area contributed by atoms with Gasteiger partial charge in [-0.1, -0.05) is 43.4 Å². The molecule has 0 saturated carbocycles. The molecule has 0 spiro atoms. The fourth-order valence-corrected chi connectivity index (χ4v) is 8.63. The summed E-state index contributed by atoms with van der Waals surface area (Å²) < 4.78 is 34.2. The van der Waals surface area contributed by atoms with Gasteiger partial charge in [-0.05, 0) is 110 Å². The van der Waals surface area contributed by atoms with Gasteiger partial charge in [0.05, 0.1) is 65.6 Å². The Morgan fingerprint density at radius 2 is 1.60 bits per heavy atom. The van der Waals surface area contributed by atoms with Crippen molar-refractivity contribution in [1.29, 1.82) is 0 Å². The monoisotopic (exact) mass is 656 g/mol. The second kappa shape index (κ2) is 15.1. The van der Waals surface area contributed by atoms with E-state index in [4.69, 9.17) is 23.7 Å². The lowest BCUT2D eigenvalue weighted by Gasteiger charge is -2.49. The van der Waals surface area contributed by atoms with E-state index in [1.807, 2.05) is 26.8 Å². The Morgan fingerprint density at radius 1 is 0.894 bits per heavy atom. The van der Waals surface area contributed by atoms with Crippen molar-refractivity contribution < 1.29 is 38.7 Å². The molecule has 5 fully saturated rings. The zero-order chi connectivity index (χ0) is 34.0. The van der Waals surface area contributed by atoms with Crippen LogP contribution < -0.4 is 0 Å². The number of hydrogen-bond donors (Lipinski definition) is 2. The van der Waals surface area contributed by atoms with Gasteiger partial charge in [-0.2, -0.15) is 0 Å². The number of hydrogen-bond acceptors (Lipinski definition) is 8. The zero-order valence-electron chi connectivity index (χ0n) is 29.6. The van der Waals surface area contributed by atoms with Crippen LogP contribution in [0, 0.1) is 5.92 Å². The summed E-state index contributed by atoms with van der Waals surface area (Å²) in [6.07, 6.45) is 16.0. The van der Waals surface area contributed by atoms with Gasteiger partial charge in [-0.3, -0.25) is 4.79 Å². The van der Waals surface area contributed by atoms with Crippen molar-refractivity contribution >= 4 is 6.29 Å². The molecule has 13 atom stereocenters. The topological polar surface area (TPSA) is 104 Å². The predicted molar refractivity (Wildman–Crippen MR) is 182 cm³/mol. The third kappa shape index (κ3) is 8.22. The first-order chi connectivity index (χ1) is 22.3. The van der Waals surface area contributed by atoms with Crippen LogP contribution in [0.4, 0.5) is 0 Å².